The Morgan fingerprint density at radius 3 is 1.43 bits per heavy atom. The van der Waals surface area contributed by atoms with Crippen molar-refractivity contribution >= 4 is 16.3 Å². The zero-order valence-electron chi connectivity index (χ0n) is 26.2. The van der Waals surface area contributed by atoms with E-state index in [1.807, 2.05) is 18.2 Å². The van der Waals surface area contributed by atoms with Crippen LogP contribution in [0.15, 0.2) is 158 Å². The van der Waals surface area contributed by atoms with E-state index in [0.29, 0.717) is 11.5 Å². The first-order chi connectivity index (χ1) is 23.2. The van der Waals surface area contributed by atoms with Crippen LogP contribution in [0.3, 0.4) is 0 Å². The van der Waals surface area contributed by atoms with Gasteiger partial charge < -0.3 is 9.47 Å². The summed E-state index contributed by atoms with van der Waals surface area (Å²) in [7, 11) is 3.36. The Bertz CT molecular complexity index is 2330. The standard InChI is InChI=1S/C43H32N2O2/c1-46-39-27-36-26-38(33-16-10-5-11-17-33)45-43(37(36)28-40(39)47-2)41(34-22-18-31(19-23-34)29-12-6-3-7-13-29)42(44-45)35-24-20-32(21-25-35)30-14-8-4-9-15-30/h3-28H,1-2H3. The number of rotatable bonds is 7. The maximum absolute atomic E-state index is 5.81. The monoisotopic (exact) mass is 608 g/mol. The average Bonchev–Trinajstić information content (AvgIpc) is 3.56. The minimum Gasteiger partial charge on any atom is -0.493 e. The van der Waals surface area contributed by atoms with Crippen molar-refractivity contribution in [3.05, 3.63) is 158 Å². The number of hydrogen-bond acceptors (Lipinski definition) is 3. The number of benzene rings is 6. The van der Waals surface area contributed by atoms with Crippen LogP contribution < -0.4 is 9.47 Å². The molecule has 0 atom stereocenters. The predicted octanol–water partition coefficient (Wildman–Crippen LogP) is 10.8. The van der Waals surface area contributed by atoms with Crippen LogP contribution in [0.5, 0.6) is 11.5 Å². The van der Waals surface area contributed by atoms with E-state index < -0.39 is 0 Å². The van der Waals surface area contributed by atoms with Gasteiger partial charge in [-0.05, 0) is 51.4 Å². The van der Waals surface area contributed by atoms with E-state index in [9.17, 15) is 0 Å². The summed E-state index contributed by atoms with van der Waals surface area (Å²) in [4.78, 5) is 0. The van der Waals surface area contributed by atoms with Crippen molar-refractivity contribution < 1.29 is 9.47 Å². The van der Waals surface area contributed by atoms with Crippen LogP contribution in [0.25, 0.3) is 72.2 Å². The predicted molar refractivity (Wildman–Crippen MR) is 193 cm³/mol. The summed E-state index contributed by atoms with van der Waals surface area (Å²) in [5, 5.41) is 7.49. The molecule has 6 aromatic carbocycles. The summed E-state index contributed by atoms with van der Waals surface area (Å²) in [6.07, 6.45) is 0. The molecule has 0 unspecified atom stereocenters. The van der Waals surface area contributed by atoms with Gasteiger partial charge in [0.2, 0.25) is 0 Å². The molecule has 0 aliphatic rings. The van der Waals surface area contributed by atoms with Gasteiger partial charge in [0.05, 0.1) is 25.4 Å². The highest BCUT2D eigenvalue weighted by Gasteiger charge is 2.23. The highest BCUT2D eigenvalue weighted by molar-refractivity contribution is 6.09. The molecule has 8 aromatic rings. The van der Waals surface area contributed by atoms with Crippen LogP contribution in [0, 0.1) is 0 Å². The molecular weight excluding hydrogens is 576 g/mol. The molecule has 2 aromatic heterocycles. The summed E-state index contributed by atoms with van der Waals surface area (Å²) < 4.78 is 13.7. The minimum absolute atomic E-state index is 0.676. The van der Waals surface area contributed by atoms with Gasteiger partial charge in [-0.25, -0.2) is 4.52 Å². The van der Waals surface area contributed by atoms with Crippen molar-refractivity contribution in [2.75, 3.05) is 14.2 Å². The zero-order valence-corrected chi connectivity index (χ0v) is 26.2. The number of pyridine rings is 1. The van der Waals surface area contributed by atoms with E-state index >= 15 is 0 Å². The first-order valence-electron chi connectivity index (χ1n) is 15.7. The van der Waals surface area contributed by atoms with E-state index in [-0.39, 0.29) is 0 Å². The smallest absolute Gasteiger partial charge is 0.161 e. The Labute approximate surface area is 274 Å². The van der Waals surface area contributed by atoms with E-state index in [1.165, 1.54) is 22.3 Å². The van der Waals surface area contributed by atoms with Crippen molar-refractivity contribution in [1.82, 2.24) is 9.61 Å². The molecule has 226 valence electrons. The molecular formula is C43H32N2O2. The summed E-state index contributed by atoms with van der Waals surface area (Å²) in [6.45, 7) is 0. The van der Waals surface area contributed by atoms with E-state index in [2.05, 4.69) is 144 Å². The van der Waals surface area contributed by atoms with Crippen LogP contribution in [-0.4, -0.2) is 23.8 Å². The molecule has 0 amide bonds. The number of aromatic nitrogens is 2. The SMILES string of the molecule is COc1cc2cc(-c3ccccc3)n3nc(-c4ccc(-c5ccccc5)cc4)c(-c4ccc(-c5ccccc5)cc4)c3c2cc1OC. The second-order valence-corrected chi connectivity index (χ2v) is 11.6. The molecule has 0 fully saturated rings. The lowest BCUT2D eigenvalue weighted by Crippen LogP contribution is -1.97. The molecule has 0 spiro atoms. The van der Waals surface area contributed by atoms with Crippen molar-refractivity contribution in [2.45, 2.75) is 0 Å². The largest absolute Gasteiger partial charge is 0.493 e. The molecule has 0 saturated heterocycles. The second-order valence-electron chi connectivity index (χ2n) is 11.6. The highest BCUT2D eigenvalue weighted by atomic mass is 16.5. The average molecular weight is 609 g/mol. The molecule has 0 saturated carbocycles. The second kappa shape index (κ2) is 12.0. The lowest BCUT2D eigenvalue weighted by molar-refractivity contribution is 0.356. The van der Waals surface area contributed by atoms with Gasteiger partial charge in [-0.2, -0.15) is 5.10 Å². The first kappa shape index (κ1) is 28.4. The number of hydrogen-bond donors (Lipinski definition) is 0. The zero-order chi connectivity index (χ0) is 31.7. The molecule has 0 aliphatic heterocycles. The fraction of sp³-hybridized carbons (Fsp3) is 0.0465. The van der Waals surface area contributed by atoms with Crippen molar-refractivity contribution in [3.8, 4) is 67.4 Å². The molecule has 0 aliphatic carbocycles. The molecule has 2 heterocycles. The lowest BCUT2D eigenvalue weighted by Gasteiger charge is -2.14. The third-order valence-corrected chi connectivity index (χ3v) is 8.83. The van der Waals surface area contributed by atoms with Crippen LogP contribution in [-0.2, 0) is 0 Å². The molecule has 0 bridgehead atoms. The van der Waals surface area contributed by atoms with Gasteiger partial charge in [-0.1, -0.05) is 140 Å². The van der Waals surface area contributed by atoms with Crippen molar-refractivity contribution in [1.29, 1.82) is 0 Å². The molecule has 0 N–H and O–H groups in total. The number of nitrogens with zero attached hydrogens (tertiary/aromatic N) is 2. The van der Waals surface area contributed by atoms with Gasteiger partial charge in [0.1, 0.15) is 5.69 Å². The highest BCUT2D eigenvalue weighted by Crippen LogP contribution is 2.44. The number of fused-ring (bicyclic) bond motifs is 3. The van der Waals surface area contributed by atoms with Gasteiger partial charge in [0, 0.05) is 22.1 Å². The maximum Gasteiger partial charge on any atom is 0.161 e. The fourth-order valence-electron chi connectivity index (χ4n) is 6.47. The maximum atomic E-state index is 5.81. The Morgan fingerprint density at radius 2 is 0.894 bits per heavy atom. The molecule has 47 heavy (non-hydrogen) atoms. The normalized spacial score (nSPS) is 11.2. The van der Waals surface area contributed by atoms with Crippen molar-refractivity contribution in [2.24, 2.45) is 0 Å². The third kappa shape index (κ3) is 5.10. The van der Waals surface area contributed by atoms with Crippen molar-refractivity contribution in [3.63, 3.8) is 0 Å². The number of methoxy groups -OCH3 is 2. The Balaban J connectivity index is 1.44. The lowest BCUT2D eigenvalue weighted by atomic mass is 9.94. The Kier molecular flexibility index (Phi) is 7.23. The first-order valence-corrected chi connectivity index (χ1v) is 15.7. The summed E-state index contributed by atoms with van der Waals surface area (Å²) in [6, 6.07) is 55.2. The van der Waals surface area contributed by atoms with Gasteiger partial charge in [0.25, 0.3) is 0 Å². The molecule has 4 heteroatoms. The summed E-state index contributed by atoms with van der Waals surface area (Å²) in [5.74, 6) is 1.36. The molecule has 4 nitrogen and oxygen atoms in total. The van der Waals surface area contributed by atoms with Crippen LogP contribution in [0.4, 0.5) is 0 Å². The van der Waals surface area contributed by atoms with Gasteiger partial charge in [0.15, 0.2) is 11.5 Å². The minimum atomic E-state index is 0.676. The van der Waals surface area contributed by atoms with Crippen LogP contribution in [0.1, 0.15) is 0 Å². The third-order valence-electron chi connectivity index (χ3n) is 8.83. The fourth-order valence-corrected chi connectivity index (χ4v) is 6.47. The van der Waals surface area contributed by atoms with E-state index in [1.54, 1.807) is 14.2 Å². The molecule has 8 rings (SSSR count). The van der Waals surface area contributed by atoms with Crippen LogP contribution in [0.2, 0.25) is 0 Å². The molecule has 0 radical (unpaired) electrons. The summed E-state index contributed by atoms with van der Waals surface area (Å²) >= 11 is 0. The number of ether oxygens (including phenoxy) is 2. The summed E-state index contributed by atoms with van der Waals surface area (Å²) in [5.41, 5.74) is 11.9. The van der Waals surface area contributed by atoms with Gasteiger partial charge in [-0.3, -0.25) is 0 Å². The Morgan fingerprint density at radius 1 is 0.447 bits per heavy atom. The van der Waals surface area contributed by atoms with Crippen LogP contribution >= 0.6 is 0 Å². The quantitative estimate of drug-likeness (QED) is 0.181. The Hall–Kier alpha value is -6.13. The van der Waals surface area contributed by atoms with Gasteiger partial charge >= 0.3 is 0 Å². The topological polar surface area (TPSA) is 35.8 Å². The van der Waals surface area contributed by atoms with E-state index in [4.69, 9.17) is 14.6 Å². The van der Waals surface area contributed by atoms with Gasteiger partial charge in [-0.15, -0.1) is 0 Å². The van der Waals surface area contributed by atoms with E-state index in [0.717, 1.165) is 49.9 Å².